The molecule has 32 heavy (non-hydrogen) atoms. The van der Waals surface area contributed by atoms with Crippen molar-refractivity contribution in [3.8, 4) is 11.5 Å². The molecule has 2 aromatic rings. The number of ether oxygens (including phenoxy) is 3. The Kier molecular flexibility index (Phi) is 8.11. The number of halogens is 1. The zero-order valence-corrected chi connectivity index (χ0v) is 18.9. The minimum Gasteiger partial charge on any atom is -0.495 e. The third-order valence-corrected chi connectivity index (χ3v) is 5.63. The molecule has 170 valence electrons. The molecule has 0 aromatic heterocycles. The smallest absolute Gasteiger partial charge is 0.306 e. The Morgan fingerprint density at radius 1 is 0.938 bits per heavy atom. The van der Waals surface area contributed by atoms with Gasteiger partial charge >= 0.3 is 5.97 Å². The molecule has 0 aliphatic heterocycles. The van der Waals surface area contributed by atoms with E-state index >= 15 is 0 Å². The Bertz CT molecular complexity index is 1020. The number of esters is 1. The first-order valence-electron chi connectivity index (χ1n) is 10.4. The van der Waals surface area contributed by atoms with Gasteiger partial charge in [-0.25, -0.2) is 0 Å². The van der Waals surface area contributed by atoms with E-state index in [0.717, 1.165) is 19.3 Å². The zero-order chi connectivity index (χ0) is 23.1. The number of carbonyl (C=O) groups excluding carboxylic acids is 3. The molecule has 1 aliphatic carbocycles. The van der Waals surface area contributed by atoms with E-state index in [-0.39, 0.29) is 18.6 Å². The summed E-state index contributed by atoms with van der Waals surface area (Å²) in [6.07, 6.45) is 4.28. The Morgan fingerprint density at radius 3 is 2.38 bits per heavy atom. The molecule has 0 radical (unpaired) electrons. The molecule has 2 aromatic carbocycles. The average Bonchev–Trinajstić information content (AvgIpc) is 2.81. The quantitative estimate of drug-likeness (QED) is 0.442. The van der Waals surface area contributed by atoms with Crippen LogP contribution in [0, 0.1) is 0 Å². The van der Waals surface area contributed by atoms with Crippen molar-refractivity contribution in [2.45, 2.75) is 38.5 Å². The van der Waals surface area contributed by atoms with Gasteiger partial charge in [0.15, 0.2) is 12.4 Å². The van der Waals surface area contributed by atoms with Gasteiger partial charge < -0.3 is 19.5 Å². The maximum Gasteiger partial charge on any atom is 0.306 e. The van der Waals surface area contributed by atoms with Crippen molar-refractivity contribution in [2.24, 2.45) is 0 Å². The maximum atomic E-state index is 12.4. The number of rotatable bonds is 9. The SMILES string of the molecule is COc1cc(NC(=O)COC(=O)CCC(=O)c2ccc3c(c2)CCCC3)c(OC)cc1Cl. The van der Waals surface area contributed by atoms with Gasteiger partial charge in [-0.2, -0.15) is 0 Å². The lowest BCUT2D eigenvalue weighted by atomic mass is 9.89. The fourth-order valence-corrected chi connectivity index (χ4v) is 3.86. The Morgan fingerprint density at radius 2 is 1.66 bits per heavy atom. The summed E-state index contributed by atoms with van der Waals surface area (Å²) < 4.78 is 15.3. The molecule has 7 nitrogen and oxygen atoms in total. The van der Waals surface area contributed by atoms with E-state index in [0.29, 0.717) is 27.8 Å². The number of Topliss-reactive ketones (excluding diaryl/α,β-unsaturated/α-hetero) is 1. The summed E-state index contributed by atoms with van der Waals surface area (Å²) in [7, 11) is 2.89. The predicted octanol–water partition coefficient (Wildman–Crippen LogP) is 4.38. The summed E-state index contributed by atoms with van der Waals surface area (Å²) in [4.78, 5) is 36.7. The number of anilines is 1. The zero-order valence-electron chi connectivity index (χ0n) is 18.2. The number of ketones is 1. The van der Waals surface area contributed by atoms with Crippen LogP contribution >= 0.6 is 11.6 Å². The third kappa shape index (κ3) is 6.01. The minimum absolute atomic E-state index is 0.0292. The molecule has 1 amide bonds. The van der Waals surface area contributed by atoms with Gasteiger partial charge in [0.25, 0.3) is 5.91 Å². The van der Waals surface area contributed by atoms with Gasteiger partial charge in [0.2, 0.25) is 0 Å². The number of amides is 1. The topological polar surface area (TPSA) is 90.9 Å². The first-order valence-corrected chi connectivity index (χ1v) is 10.8. The van der Waals surface area contributed by atoms with Crippen LogP contribution in [0.2, 0.25) is 5.02 Å². The van der Waals surface area contributed by atoms with E-state index < -0.39 is 18.5 Å². The predicted molar refractivity (Wildman–Crippen MR) is 121 cm³/mol. The minimum atomic E-state index is -0.618. The maximum absolute atomic E-state index is 12.4. The molecule has 3 rings (SSSR count). The van der Waals surface area contributed by atoms with Crippen LogP contribution in [0.1, 0.15) is 47.2 Å². The highest BCUT2D eigenvalue weighted by Gasteiger charge is 2.16. The summed E-state index contributed by atoms with van der Waals surface area (Å²) in [5.74, 6) is -0.585. The van der Waals surface area contributed by atoms with Gasteiger partial charge in [-0.05, 0) is 42.9 Å². The second kappa shape index (κ2) is 11.0. The fraction of sp³-hybridized carbons (Fsp3) is 0.375. The molecule has 0 unspecified atom stereocenters. The van der Waals surface area contributed by atoms with Crippen LogP contribution in [-0.4, -0.2) is 38.5 Å². The van der Waals surface area contributed by atoms with Crippen molar-refractivity contribution >= 4 is 34.9 Å². The summed E-state index contributed by atoms with van der Waals surface area (Å²) in [6, 6.07) is 8.78. The van der Waals surface area contributed by atoms with Crippen LogP contribution in [0.25, 0.3) is 0 Å². The summed E-state index contributed by atoms with van der Waals surface area (Å²) in [6.45, 7) is -0.486. The molecular formula is C24H26ClNO6. The first kappa shape index (κ1) is 23.6. The van der Waals surface area contributed by atoms with Crippen LogP contribution in [0.5, 0.6) is 11.5 Å². The average molecular weight is 460 g/mol. The van der Waals surface area contributed by atoms with Gasteiger partial charge in [-0.1, -0.05) is 23.7 Å². The largest absolute Gasteiger partial charge is 0.495 e. The van der Waals surface area contributed by atoms with E-state index in [1.54, 1.807) is 0 Å². The van der Waals surface area contributed by atoms with Crippen molar-refractivity contribution in [3.05, 3.63) is 52.0 Å². The van der Waals surface area contributed by atoms with Gasteiger partial charge in [-0.15, -0.1) is 0 Å². The van der Waals surface area contributed by atoms with Crippen molar-refractivity contribution in [2.75, 3.05) is 26.1 Å². The number of carbonyl (C=O) groups is 3. The second-order valence-corrected chi connectivity index (χ2v) is 7.92. The standard InChI is InChI=1S/C24H26ClNO6/c1-30-21-13-19(22(31-2)12-18(21)25)26-23(28)14-32-24(29)10-9-20(27)17-8-7-15-5-3-4-6-16(15)11-17/h7-8,11-13H,3-6,9-10,14H2,1-2H3,(H,26,28). The molecule has 1 N–H and O–H groups in total. The second-order valence-electron chi connectivity index (χ2n) is 7.51. The molecule has 0 fully saturated rings. The third-order valence-electron chi connectivity index (χ3n) is 5.34. The number of fused-ring (bicyclic) bond motifs is 1. The van der Waals surface area contributed by atoms with E-state index in [1.165, 1.54) is 43.9 Å². The molecule has 0 spiro atoms. The number of hydrogen-bond acceptors (Lipinski definition) is 6. The summed E-state index contributed by atoms with van der Waals surface area (Å²) >= 11 is 6.04. The molecule has 0 heterocycles. The lowest BCUT2D eigenvalue weighted by molar-refractivity contribution is -0.147. The van der Waals surface area contributed by atoms with Crippen molar-refractivity contribution in [1.82, 2.24) is 0 Å². The highest BCUT2D eigenvalue weighted by atomic mass is 35.5. The molecule has 0 bridgehead atoms. The normalized spacial score (nSPS) is 12.5. The Balaban J connectivity index is 1.48. The molecule has 0 saturated heterocycles. The summed E-state index contributed by atoms with van der Waals surface area (Å²) in [5.41, 5.74) is 3.46. The molecule has 1 aliphatic rings. The molecule has 0 atom stereocenters. The Labute approximate surface area is 192 Å². The van der Waals surface area contributed by atoms with Gasteiger partial charge in [0.05, 0.1) is 31.4 Å². The fourth-order valence-electron chi connectivity index (χ4n) is 3.63. The van der Waals surface area contributed by atoms with E-state index in [1.807, 2.05) is 18.2 Å². The van der Waals surface area contributed by atoms with Gasteiger partial charge in [0, 0.05) is 24.1 Å². The van der Waals surface area contributed by atoms with Gasteiger partial charge in [-0.3, -0.25) is 14.4 Å². The van der Waals surface area contributed by atoms with Crippen LogP contribution in [-0.2, 0) is 27.2 Å². The van der Waals surface area contributed by atoms with E-state index in [2.05, 4.69) is 5.32 Å². The molecular weight excluding hydrogens is 434 g/mol. The lowest BCUT2D eigenvalue weighted by Gasteiger charge is -2.16. The van der Waals surface area contributed by atoms with Crippen LogP contribution in [0.3, 0.4) is 0 Å². The number of benzene rings is 2. The molecule has 0 saturated carbocycles. The highest BCUT2D eigenvalue weighted by molar-refractivity contribution is 6.32. The highest BCUT2D eigenvalue weighted by Crippen LogP contribution is 2.35. The van der Waals surface area contributed by atoms with E-state index in [4.69, 9.17) is 25.8 Å². The number of methoxy groups -OCH3 is 2. The number of nitrogens with one attached hydrogen (secondary N) is 1. The van der Waals surface area contributed by atoms with Crippen LogP contribution < -0.4 is 14.8 Å². The summed E-state index contributed by atoms with van der Waals surface area (Å²) in [5, 5.41) is 2.92. The first-order chi connectivity index (χ1) is 15.4. The van der Waals surface area contributed by atoms with Crippen molar-refractivity contribution in [1.29, 1.82) is 0 Å². The number of hydrogen-bond donors (Lipinski definition) is 1. The monoisotopic (exact) mass is 459 g/mol. The lowest BCUT2D eigenvalue weighted by Crippen LogP contribution is -2.21. The van der Waals surface area contributed by atoms with Gasteiger partial charge in [0.1, 0.15) is 11.5 Å². The van der Waals surface area contributed by atoms with E-state index in [9.17, 15) is 14.4 Å². The van der Waals surface area contributed by atoms with Crippen LogP contribution in [0.4, 0.5) is 5.69 Å². The van der Waals surface area contributed by atoms with Crippen LogP contribution in [0.15, 0.2) is 30.3 Å². The number of aryl methyl sites for hydroxylation is 2. The van der Waals surface area contributed by atoms with Crippen molar-refractivity contribution in [3.63, 3.8) is 0 Å². The Hall–Kier alpha value is -3.06. The van der Waals surface area contributed by atoms with Crippen molar-refractivity contribution < 1.29 is 28.6 Å². The molecule has 8 heteroatoms.